The third-order valence-corrected chi connectivity index (χ3v) is 4.70. The largest absolute Gasteiger partial charge is 0.487 e. The summed E-state index contributed by atoms with van der Waals surface area (Å²) >= 11 is 0. The smallest absolute Gasteiger partial charge is 0.329 e. The van der Waals surface area contributed by atoms with Crippen LogP contribution >= 0.6 is 0 Å². The van der Waals surface area contributed by atoms with Gasteiger partial charge in [-0.1, -0.05) is 0 Å². The van der Waals surface area contributed by atoms with Crippen molar-refractivity contribution in [3.8, 4) is 5.75 Å². The van der Waals surface area contributed by atoms with Gasteiger partial charge in [-0.15, -0.1) is 0 Å². The quantitative estimate of drug-likeness (QED) is 0.885. The van der Waals surface area contributed by atoms with Gasteiger partial charge in [-0.2, -0.15) is 0 Å². The van der Waals surface area contributed by atoms with Crippen molar-refractivity contribution >= 4 is 11.9 Å². The van der Waals surface area contributed by atoms with Crippen LogP contribution in [0.1, 0.15) is 42.6 Å². The number of carbonyl (C=O) groups excluding carboxylic acids is 1. The SMILES string of the molecule is CC1(C)Cc2cc(C(=O)N3CCCC(COCC(=O)O)C3)ccc2O1. The van der Waals surface area contributed by atoms with Gasteiger partial charge in [-0.3, -0.25) is 4.79 Å². The molecule has 1 aromatic carbocycles. The van der Waals surface area contributed by atoms with E-state index in [2.05, 4.69) is 0 Å². The molecule has 0 radical (unpaired) electrons. The van der Waals surface area contributed by atoms with Crippen molar-refractivity contribution in [3.05, 3.63) is 29.3 Å². The third kappa shape index (κ3) is 4.31. The molecule has 2 heterocycles. The maximum atomic E-state index is 12.8. The van der Waals surface area contributed by atoms with Crippen LogP contribution in [0.5, 0.6) is 5.75 Å². The Labute approximate surface area is 147 Å². The Balaban J connectivity index is 1.62. The van der Waals surface area contributed by atoms with E-state index in [4.69, 9.17) is 14.6 Å². The van der Waals surface area contributed by atoms with Crippen molar-refractivity contribution in [3.63, 3.8) is 0 Å². The van der Waals surface area contributed by atoms with Crippen molar-refractivity contribution in [1.29, 1.82) is 0 Å². The van der Waals surface area contributed by atoms with Crippen LogP contribution in [0.25, 0.3) is 0 Å². The van der Waals surface area contributed by atoms with Crippen molar-refractivity contribution in [1.82, 2.24) is 4.90 Å². The molecule has 2 aliphatic rings. The molecule has 3 rings (SSSR count). The molecule has 6 heteroatoms. The molecule has 1 amide bonds. The van der Waals surface area contributed by atoms with Gasteiger partial charge < -0.3 is 19.5 Å². The lowest BCUT2D eigenvalue weighted by molar-refractivity contribution is -0.142. The number of nitrogens with zero attached hydrogens (tertiary/aromatic N) is 1. The highest BCUT2D eigenvalue weighted by atomic mass is 16.5. The van der Waals surface area contributed by atoms with Gasteiger partial charge in [0.05, 0.1) is 6.61 Å². The van der Waals surface area contributed by atoms with E-state index in [-0.39, 0.29) is 24.0 Å². The monoisotopic (exact) mass is 347 g/mol. The predicted molar refractivity (Wildman–Crippen MR) is 91.9 cm³/mol. The van der Waals surface area contributed by atoms with Crippen molar-refractivity contribution in [2.75, 3.05) is 26.3 Å². The van der Waals surface area contributed by atoms with Gasteiger partial charge in [-0.05, 0) is 56.4 Å². The number of likely N-dealkylation sites (tertiary alicyclic amines) is 1. The molecule has 6 nitrogen and oxygen atoms in total. The highest BCUT2D eigenvalue weighted by Crippen LogP contribution is 2.35. The Hall–Kier alpha value is -2.08. The third-order valence-electron chi connectivity index (χ3n) is 4.70. The first kappa shape index (κ1) is 17.7. The second-order valence-corrected chi connectivity index (χ2v) is 7.53. The molecule has 1 atom stereocenters. The van der Waals surface area contributed by atoms with Crippen molar-refractivity contribution in [2.45, 2.75) is 38.7 Å². The molecule has 25 heavy (non-hydrogen) atoms. The zero-order chi connectivity index (χ0) is 18.0. The van der Waals surface area contributed by atoms with Gasteiger partial charge in [0.15, 0.2) is 0 Å². The number of amides is 1. The molecular weight excluding hydrogens is 322 g/mol. The Morgan fingerprint density at radius 2 is 2.20 bits per heavy atom. The lowest BCUT2D eigenvalue weighted by Gasteiger charge is -2.32. The highest BCUT2D eigenvalue weighted by Gasteiger charge is 2.31. The molecule has 0 aromatic heterocycles. The second-order valence-electron chi connectivity index (χ2n) is 7.53. The van der Waals surface area contributed by atoms with Crippen molar-refractivity contribution < 1.29 is 24.2 Å². The Bertz CT molecular complexity index is 670. The number of carboxylic acid groups (broad SMARTS) is 1. The molecule has 1 N–H and O–H groups in total. The van der Waals surface area contributed by atoms with Crippen LogP contribution in [0.4, 0.5) is 0 Å². The Kier molecular flexibility index (Phi) is 4.99. The number of ether oxygens (including phenoxy) is 2. The van der Waals surface area contributed by atoms with E-state index in [1.54, 1.807) is 0 Å². The van der Waals surface area contributed by atoms with Gasteiger partial charge in [0.2, 0.25) is 0 Å². The fraction of sp³-hybridized carbons (Fsp3) is 0.579. The van der Waals surface area contributed by atoms with Crippen LogP contribution in [-0.2, 0) is 16.0 Å². The van der Waals surface area contributed by atoms with E-state index in [0.29, 0.717) is 18.7 Å². The maximum Gasteiger partial charge on any atom is 0.329 e. The summed E-state index contributed by atoms with van der Waals surface area (Å²) in [5.41, 5.74) is 1.54. The highest BCUT2D eigenvalue weighted by molar-refractivity contribution is 5.94. The molecule has 1 unspecified atom stereocenters. The van der Waals surface area contributed by atoms with Crippen LogP contribution < -0.4 is 4.74 Å². The number of rotatable bonds is 5. The number of fused-ring (bicyclic) bond motifs is 1. The van der Waals surface area contributed by atoms with E-state index >= 15 is 0 Å². The van der Waals surface area contributed by atoms with Crippen LogP contribution in [0.3, 0.4) is 0 Å². The first-order chi connectivity index (χ1) is 11.8. The molecule has 1 aromatic rings. The molecule has 136 valence electrons. The number of carboxylic acids is 1. The minimum atomic E-state index is -0.966. The summed E-state index contributed by atoms with van der Waals surface area (Å²) in [6.45, 7) is 5.51. The van der Waals surface area contributed by atoms with E-state index < -0.39 is 5.97 Å². The van der Waals surface area contributed by atoms with Gasteiger partial charge in [0, 0.05) is 25.1 Å². The second kappa shape index (κ2) is 7.04. The normalized spacial score (nSPS) is 21.5. The summed E-state index contributed by atoms with van der Waals surface area (Å²) in [5.74, 6) is 0.108. The van der Waals surface area contributed by atoms with Crippen LogP contribution in [0, 0.1) is 5.92 Å². The average molecular weight is 347 g/mol. The zero-order valence-electron chi connectivity index (χ0n) is 14.8. The van der Waals surface area contributed by atoms with Gasteiger partial charge in [0.25, 0.3) is 5.91 Å². The summed E-state index contributed by atoms with van der Waals surface area (Å²) in [6, 6.07) is 5.65. The first-order valence-corrected chi connectivity index (χ1v) is 8.75. The van der Waals surface area contributed by atoms with E-state index in [1.807, 2.05) is 36.9 Å². The minimum Gasteiger partial charge on any atom is -0.487 e. The van der Waals surface area contributed by atoms with Crippen LogP contribution in [-0.4, -0.2) is 53.8 Å². The van der Waals surface area contributed by atoms with Gasteiger partial charge in [0.1, 0.15) is 18.0 Å². The number of piperidine rings is 1. The fourth-order valence-corrected chi connectivity index (χ4v) is 3.62. The summed E-state index contributed by atoms with van der Waals surface area (Å²) in [5, 5.41) is 8.65. The Morgan fingerprint density at radius 3 is 2.96 bits per heavy atom. The molecule has 0 bridgehead atoms. The van der Waals surface area contributed by atoms with Crippen LogP contribution in [0.15, 0.2) is 18.2 Å². The van der Waals surface area contributed by atoms with Gasteiger partial charge >= 0.3 is 5.97 Å². The summed E-state index contributed by atoms with van der Waals surface area (Å²) in [4.78, 5) is 25.2. The lowest BCUT2D eigenvalue weighted by atomic mass is 9.97. The number of carbonyl (C=O) groups is 2. The van der Waals surface area contributed by atoms with E-state index in [0.717, 1.165) is 37.1 Å². The number of hydrogen-bond acceptors (Lipinski definition) is 4. The number of aliphatic carboxylic acids is 1. The Morgan fingerprint density at radius 1 is 1.40 bits per heavy atom. The predicted octanol–water partition coefficient (Wildman–Crippen LogP) is 2.35. The molecule has 0 aliphatic carbocycles. The first-order valence-electron chi connectivity index (χ1n) is 8.75. The molecular formula is C19H25NO5. The van der Waals surface area contributed by atoms with Gasteiger partial charge in [-0.25, -0.2) is 4.79 Å². The molecule has 1 saturated heterocycles. The summed E-state index contributed by atoms with van der Waals surface area (Å²) in [6.07, 6.45) is 2.67. The zero-order valence-corrected chi connectivity index (χ0v) is 14.8. The van der Waals surface area contributed by atoms with Crippen molar-refractivity contribution in [2.24, 2.45) is 5.92 Å². The van der Waals surface area contributed by atoms with Crippen LogP contribution in [0.2, 0.25) is 0 Å². The minimum absolute atomic E-state index is 0.0236. The average Bonchev–Trinajstić information content (AvgIpc) is 2.87. The fourth-order valence-electron chi connectivity index (χ4n) is 3.62. The van der Waals surface area contributed by atoms with E-state index in [1.165, 1.54) is 0 Å². The summed E-state index contributed by atoms with van der Waals surface area (Å²) in [7, 11) is 0. The molecule has 0 saturated carbocycles. The molecule has 2 aliphatic heterocycles. The number of hydrogen-bond donors (Lipinski definition) is 1. The molecule has 0 spiro atoms. The lowest BCUT2D eigenvalue weighted by Crippen LogP contribution is -2.41. The maximum absolute atomic E-state index is 12.8. The van der Waals surface area contributed by atoms with E-state index in [9.17, 15) is 9.59 Å². The standard InChI is InChI=1S/C19H25NO5/c1-19(2)9-15-8-14(5-6-16(15)25-19)18(23)20-7-3-4-13(10-20)11-24-12-17(21)22/h5-6,8,13H,3-4,7,9-12H2,1-2H3,(H,21,22). The number of benzene rings is 1. The molecule has 1 fully saturated rings. The summed E-state index contributed by atoms with van der Waals surface area (Å²) < 4.78 is 11.1. The topological polar surface area (TPSA) is 76.1 Å².